The summed E-state index contributed by atoms with van der Waals surface area (Å²) in [5, 5.41) is 13.9. The van der Waals surface area contributed by atoms with E-state index in [-0.39, 0.29) is 6.42 Å². The SMILES string of the molecule is CCc1ccc(-c2nc(Nc3ccc(Cl)c(Cl)c3)sc2CC(=O)O)cc1. The molecular weight excluding hydrogens is 391 g/mol. The van der Waals surface area contributed by atoms with Gasteiger partial charge in [0, 0.05) is 16.1 Å². The van der Waals surface area contributed by atoms with Crippen LogP contribution in [0, 0.1) is 0 Å². The summed E-state index contributed by atoms with van der Waals surface area (Å²) in [5.41, 5.74) is 3.54. The lowest BCUT2D eigenvalue weighted by molar-refractivity contribution is -0.136. The van der Waals surface area contributed by atoms with Crippen molar-refractivity contribution in [2.24, 2.45) is 0 Å². The maximum Gasteiger partial charge on any atom is 0.308 e. The van der Waals surface area contributed by atoms with Crippen LogP contribution in [0.15, 0.2) is 42.5 Å². The lowest BCUT2D eigenvalue weighted by atomic mass is 10.1. The molecule has 0 radical (unpaired) electrons. The Balaban J connectivity index is 1.94. The van der Waals surface area contributed by atoms with Crippen LogP contribution >= 0.6 is 34.5 Å². The van der Waals surface area contributed by atoms with Gasteiger partial charge in [-0.1, -0.05) is 54.4 Å². The van der Waals surface area contributed by atoms with E-state index in [0.717, 1.165) is 17.7 Å². The number of nitrogens with zero attached hydrogens (tertiary/aromatic N) is 1. The fourth-order valence-electron chi connectivity index (χ4n) is 2.48. The van der Waals surface area contributed by atoms with Gasteiger partial charge >= 0.3 is 5.97 Å². The fourth-order valence-corrected chi connectivity index (χ4v) is 3.78. The maximum absolute atomic E-state index is 11.2. The van der Waals surface area contributed by atoms with Gasteiger partial charge in [0.25, 0.3) is 0 Å². The lowest BCUT2D eigenvalue weighted by Gasteiger charge is -2.04. The zero-order chi connectivity index (χ0) is 18.7. The first-order valence-corrected chi connectivity index (χ1v) is 9.56. The molecule has 0 unspecified atom stereocenters. The Morgan fingerprint density at radius 1 is 1.15 bits per heavy atom. The number of aromatic nitrogens is 1. The Labute approximate surface area is 165 Å². The number of thiazole rings is 1. The molecule has 0 aliphatic rings. The molecule has 0 spiro atoms. The summed E-state index contributed by atoms with van der Waals surface area (Å²) in [6, 6.07) is 13.2. The van der Waals surface area contributed by atoms with E-state index in [1.165, 1.54) is 16.9 Å². The van der Waals surface area contributed by atoms with Crippen LogP contribution in [0.1, 0.15) is 17.4 Å². The molecule has 134 valence electrons. The average molecular weight is 407 g/mol. The first-order chi connectivity index (χ1) is 12.5. The molecule has 0 amide bonds. The molecule has 7 heteroatoms. The molecule has 1 heterocycles. The van der Waals surface area contributed by atoms with Crippen molar-refractivity contribution in [2.45, 2.75) is 19.8 Å². The van der Waals surface area contributed by atoms with Crippen LogP contribution in [-0.4, -0.2) is 16.1 Å². The van der Waals surface area contributed by atoms with Gasteiger partial charge in [-0.2, -0.15) is 0 Å². The maximum atomic E-state index is 11.2. The molecule has 1 aromatic heterocycles. The lowest BCUT2D eigenvalue weighted by Crippen LogP contribution is -1.99. The largest absolute Gasteiger partial charge is 0.481 e. The number of hydrogen-bond donors (Lipinski definition) is 2. The standard InChI is InChI=1S/C19H16Cl2N2O2S/c1-2-11-3-5-12(6-4-11)18-16(10-17(24)25)26-19(23-18)22-13-7-8-14(20)15(21)9-13/h3-9H,2,10H2,1H3,(H,22,23)(H,24,25). The second-order valence-electron chi connectivity index (χ2n) is 5.67. The second-order valence-corrected chi connectivity index (χ2v) is 7.56. The monoisotopic (exact) mass is 406 g/mol. The molecule has 0 aliphatic heterocycles. The molecule has 4 nitrogen and oxygen atoms in total. The summed E-state index contributed by atoms with van der Waals surface area (Å²) in [6.07, 6.45) is 0.870. The third-order valence-corrected chi connectivity index (χ3v) is 5.53. The number of benzene rings is 2. The molecule has 2 aromatic carbocycles. The third-order valence-electron chi connectivity index (χ3n) is 3.82. The van der Waals surface area contributed by atoms with E-state index in [9.17, 15) is 9.90 Å². The van der Waals surface area contributed by atoms with Crippen molar-refractivity contribution in [1.82, 2.24) is 4.98 Å². The summed E-state index contributed by atoms with van der Waals surface area (Å²) in [6.45, 7) is 2.09. The Kier molecular flexibility index (Phi) is 5.81. The van der Waals surface area contributed by atoms with Crippen LogP contribution in [0.4, 0.5) is 10.8 Å². The van der Waals surface area contributed by atoms with Crippen molar-refractivity contribution < 1.29 is 9.90 Å². The molecule has 0 aliphatic carbocycles. The van der Waals surface area contributed by atoms with E-state index in [1.807, 2.05) is 24.3 Å². The predicted octanol–water partition coefficient (Wildman–Crippen LogP) is 6.05. The van der Waals surface area contributed by atoms with Gasteiger partial charge in [-0.25, -0.2) is 4.98 Å². The zero-order valence-electron chi connectivity index (χ0n) is 13.9. The normalized spacial score (nSPS) is 10.7. The van der Waals surface area contributed by atoms with Crippen molar-refractivity contribution in [3.8, 4) is 11.3 Å². The topological polar surface area (TPSA) is 62.2 Å². The number of anilines is 2. The number of aliphatic carboxylic acids is 1. The molecule has 3 aromatic rings. The van der Waals surface area contributed by atoms with E-state index in [2.05, 4.69) is 17.2 Å². The minimum atomic E-state index is -0.888. The van der Waals surface area contributed by atoms with Gasteiger partial charge in [0.1, 0.15) is 0 Å². The fraction of sp³-hybridized carbons (Fsp3) is 0.158. The van der Waals surface area contributed by atoms with Crippen LogP contribution < -0.4 is 5.32 Å². The van der Waals surface area contributed by atoms with Crippen LogP contribution in [0.2, 0.25) is 10.0 Å². The summed E-state index contributed by atoms with van der Waals surface area (Å²) < 4.78 is 0. The van der Waals surface area contributed by atoms with E-state index < -0.39 is 5.97 Å². The molecule has 2 N–H and O–H groups in total. The van der Waals surface area contributed by atoms with Crippen molar-refractivity contribution in [3.63, 3.8) is 0 Å². The third kappa shape index (κ3) is 4.36. The quantitative estimate of drug-likeness (QED) is 0.522. The highest BCUT2D eigenvalue weighted by Crippen LogP contribution is 2.34. The predicted molar refractivity (Wildman–Crippen MR) is 108 cm³/mol. The van der Waals surface area contributed by atoms with Gasteiger partial charge < -0.3 is 10.4 Å². The Morgan fingerprint density at radius 2 is 1.88 bits per heavy atom. The highest BCUT2D eigenvalue weighted by molar-refractivity contribution is 7.16. The van der Waals surface area contributed by atoms with Crippen molar-refractivity contribution in [2.75, 3.05) is 5.32 Å². The number of carboxylic acids is 1. The number of carboxylic acid groups (broad SMARTS) is 1. The van der Waals surface area contributed by atoms with Crippen LogP contribution in [0.5, 0.6) is 0 Å². The van der Waals surface area contributed by atoms with E-state index in [0.29, 0.717) is 25.7 Å². The molecule has 0 fully saturated rings. The number of carbonyl (C=O) groups is 1. The number of rotatable bonds is 6. The number of halogens is 2. The number of nitrogens with one attached hydrogen (secondary N) is 1. The van der Waals surface area contributed by atoms with E-state index in [4.69, 9.17) is 23.2 Å². The second kappa shape index (κ2) is 8.08. The zero-order valence-corrected chi connectivity index (χ0v) is 16.3. The van der Waals surface area contributed by atoms with E-state index in [1.54, 1.807) is 18.2 Å². The Bertz CT molecular complexity index is 939. The first-order valence-electron chi connectivity index (χ1n) is 7.99. The van der Waals surface area contributed by atoms with Crippen molar-refractivity contribution in [1.29, 1.82) is 0 Å². The van der Waals surface area contributed by atoms with Crippen molar-refractivity contribution in [3.05, 3.63) is 63.0 Å². The van der Waals surface area contributed by atoms with Gasteiger partial charge in [-0.3, -0.25) is 4.79 Å². The number of aryl methyl sites for hydroxylation is 1. The molecule has 0 bridgehead atoms. The summed E-state index contributed by atoms with van der Waals surface area (Å²) in [5.74, 6) is -0.888. The Hall–Kier alpha value is -2.08. The molecule has 0 atom stereocenters. The minimum Gasteiger partial charge on any atom is -0.481 e. The van der Waals surface area contributed by atoms with Gasteiger partial charge in [0.2, 0.25) is 0 Å². The number of hydrogen-bond acceptors (Lipinski definition) is 4. The van der Waals surface area contributed by atoms with Gasteiger partial charge in [0.15, 0.2) is 5.13 Å². The van der Waals surface area contributed by atoms with Gasteiger partial charge in [-0.15, -0.1) is 11.3 Å². The smallest absolute Gasteiger partial charge is 0.308 e. The average Bonchev–Trinajstić information content (AvgIpc) is 2.99. The van der Waals surface area contributed by atoms with Crippen LogP contribution in [-0.2, 0) is 17.6 Å². The molecule has 0 saturated heterocycles. The van der Waals surface area contributed by atoms with E-state index >= 15 is 0 Å². The minimum absolute atomic E-state index is 0.0778. The van der Waals surface area contributed by atoms with Crippen molar-refractivity contribution >= 4 is 51.3 Å². The highest BCUT2D eigenvalue weighted by Gasteiger charge is 2.16. The highest BCUT2D eigenvalue weighted by atomic mass is 35.5. The molecule has 26 heavy (non-hydrogen) atoms. The molecule has 3 rings (SSSR count). The molecule has 0 saturated carbocycles. The Morgan fingerprint density at radius 3 is 2.50 bits per heavy atom. The van der Waals surface area contributed by atoms with Gasteiger partial charge in [0.05, 0.1) is 22.2 Å². The summed E-state index contributed by atoms with van der Waals surface area (Å²) in [4.78, 5) is 16.5. The van der Waals surface area contributed by atoms with Crippen LogP contribution in [0.3, 0.4) is 0 Å². The first kappa shape index (κ1) is 18.7. The summed E-state index contributed by atoms with van der Waals surface area (Å²) in [7, 11) is 0. The van der Waals surface area contributed by atoms with Gasteiger partial charge in [-0.05, 0) is 30.2 Å². The van der Waals surface area contributed by atoms with Crippen LogP contribution in [0.25, 0.3) is 11.3 Å². The summed E-state index contributed by atoms with van der Waals surface area (Å²) >= 11 is 13.3. The molecular formula is C19H16Cl2N2O2S.